The van der Waals surface area contributed by atoms with Crippen LogP contribution in [-0.4, -0.2) is 144 Å². The van der Waals surface area contributed by atoms with Crippen molar-refractivity contribution in [2.75, 3.05) is 53.4 Å². The molecule has 4 aliphatic heterocycles. The number of aliphatic hydroxyl groups is 3. The molecule has 3 N–H and O–H groups in total. The number of nitrogens with zero attached hydrogens (tertiary/aromatic N) is 3. The Balaban J connectivity index is 1.68. The first kappa shape index (κ1) is 45.0. The molecule has 310 valence electrons. The van der Waals surface area contributed by atoms with Crippen LogP contribution in [0.15, 0.2) is 23.8 Å². The molecular weight excluding hydrogens is 686 g/mol. The number of esters is 1. The van der Waals surface area contributed by atoms with Crippen LogP contribution in [0.2, 0.25) is 0 Å². The van der Waals surface area contributed by atoms with Crippen molar-refractivity contribution < 1.29 is 39.1 Å². The summed E-state index contributed by atoms with van der Waals surface area (Å²) in [6, 6.07) is -0.636. The average molecular weight is 762 g/mol. The van der Waals surface area contributed by atoms with Crippen LogP contribution in [0.25, 0.3) is 0 Å². The second-order valence-corrected chi connectivity index (χ2v) is 17.8. The SMILES string of the molecule is CCC1OC(=O)CC(O)C(C)C(OC2OC(C)C(O)C(N(C)C)C2O)C(CCN2CCC(C)CC2)CC(C)C(=O)/C=C/C(C)=C/C1CN1CCC(C)CC1. The van der Waals surface area contributed by atoms with Crippen LogP contribution in [0.5, 0.6) is 0 Å². The molecule has 12 unspecified atom stereocenters. The van der Waals surface area contributed by atoms with Gasteiger partial charge in [0.1, 0.15) is 12.2 Å². The van der Waals surface area contributed by atoms with E-state index >= 15 is 0 Å². The summed E-state index contributed by atoms with van der Waals surface area (Å²) >= 11 is 0. The molecule has 0 aromatic rings. The van der Waals surface area contributed by atoms with Crippen LogP contribution >= 0.6 is 0 Å². The molecule has 3 fully saturated rings. The smallest absolute Gasteiger partial charge is 0.308 e. The maximum absolute atomic E-state index is 13.8. The number of piperidine rings is 2. The number of ether oxygens (including phenoxy) is 3. The van der Waals surface area contributed by atoms with E-state index in [9.17, 15) is 24.9 Å². The highest BCUT2D eigenvalue weighted by atomic mass is 16.7. The average Bonchev–Trinajstić information content (AvgIpc) is 3.12. The lowest BCUT2D eigenvalue weighted by molar-refractivity contribution is -0.304. The summed E-state index contributed by atoms with van der Waals surface area (Å²) < 4.78 is 19.1. The van der Waals surface area contributed by atoms with E-state index < -0.39 is 54.7 Å². The lowest BCUT2D eigenvalue weighted by Gasteiger charge is -2.47. The van der Waals surface area contributed by atoms with Gasteiger partial charge < -0.3 is 44.2 Å². The molecule has 0 spiro atoms. The van der Waals surface area contributed by atoms with E-state index in [4.69, 9.17) is 14.2 Å². The molecule has 11 heteroatoms. The lowest BCUT2D eigenvalue weighted by atomic mass is 9.79. The molecule has 0 bridgehead atoms. The van der Waals surface area contributed by atoms with Crippen molar-refractivity contribution >= 4 is 11.8 Å². The molecule has 0 aromatic heterocycles. The third-order valence-electron chi connectivity index (χ3n) is 13.0. The number of hydrogen-bond acceptors (Lipinski definition) is 11. The van der Waals surface area contributed by atoms with Crippen molar-refractivity contribution in [2.24, 2.45) is 35.5 Å². The monoisotopic (exact) mass is 762 g/mol. The zero-order chi connectivity index (χ0) is 39.7. The summed E-state index contributed by atoms with van der Waals surface area (Å²) in [6.45, 7) is 19.8. The van der Waals surface area contributed by atoms with Gasteiger partial charge in [-0.15, -0.1) is 0 Å². The normalized spacial score (nSPS) is 40.0. The second kappa shape index (κ2) is 21.2. The maximum Gasteiger partial charge on any atom is 0.308 e. The van der Waals surface area contributed by atoms with Gasteiger partial charge in [0.15, 0.2) is 12.1 Å². The first-order chi connectivity index (χ1) is 25.6. The Hall–Kier alpha value is -1.70. The van der Waals surface area contributed by atoms with Gasteiger partial charge in [-0.1, -0.05) is 52.3 Å². The van der Waals surface area contributed by atoms with E-state index in [1.807, 2.05) is 33.8 Å². The Kier molecular flexibility index (Phi) is 17.6. The molecule has 0 saturated carbocycles. The number of hydrogen-bond donors (Lipinski definition) is 3. The summed E-state index contributed by atoms with van der Waals surface area (Å²) in [4.78, 5) is 34.3. The Morgan fingerprint density at radius 3 is 2.09 bits per heavy atom. The third kappa shape index (κ3) is 12.7. The molecule has 4 aliphatic rings. The van der Waals surface area contributed by atoms with Crippen molar-refractivity contribution in [1.29, 1.82) is 0 Å². The van der Waals surface area contributed by atoms with Crippen molar-refractivity contribution in [3.63, 3.8) is 0 Å². The minimum absolute atomic E-state index is 0.0250. The Labute approximate surface area is 326 Å². The summed E-state index contributed by atoms with van der Waals surface area (Å²) in [5, 5.41) is 34.3. The van der Waals surface area contributed by atoms with Crippen LogP contribution in [-0.2, 0) is 23.8 Å². The molecule has 12 atom stereocenters. The predicted octanol–water partition coefficient (Wildman–Crippen LogP) is 4.68. The van der Waals surface area contributed by atoms with Crippen LogP contribution in [0, 0.1) is 35.5 Å². The van der Waals surface area contributed by atoms with Crippen LogP contribution in [0.1, 0.15) is 99.8 Å². The number of aliphatic hydroxyl groups excluding tert-OH is 3. The number of carbonyl (C=O) groups is 2. The summed E-state index contributed by atoms with van der Waals surface area (Å²) in [6.07, 6.45) is 5.92. The van der Waals surface area contributed by atoms with Crippen molar-refractivity contribution in [3.8, 4) is 0 Å². The van der Waals surface area contributed by atoms with Crippen LogP contribution in [0.4, 0.5) is 0 Å². The second-order valence-electron chi connectivity index (χ2n) is 17.8. The largest absolute Gasteiger partial charge is 0.462 e. The number of rotatable bonds is 9. The van der Waals surface area contributed by atoms with E-state index in [-0.39, 0.29) is 36.1 Å². The van der Waals surface area contributed by atoms with Gasteiger partial charge >= 0.3 is 5.97 Å². The number of ketones is 1. The molecule has 3 saturated heterocycles. The molecule has 0 amide bonds. The first-order valence-electron chi connectivity index (χ1n) is 21.1. The van der Waals surface area contributed by atoms with Crippen molar-refractivity contribution in [1.82, 2.24) is 14.7 Å². The number of carbonyl (C=O) groups excluding carboxylic acids is 2. The van der Waals surface area contributed by atoms with Gasteiger partial charge in [0.25, 0.3) is 0 Å². The van der Waals surface area contributed by atoms with Gasteiger partial charge in [-0.25, -0.2) is 0 Å². The zero-order valence-corrected chi connectivity index (χ0v) is 34.9. The standard InChI is InChI=1S/C43H75N3O8/c1-10-37-34(26-46-20-15-28(3)16-21-46)23-29(4)11-12-35(47)30(5)24-33(17-22-45-18-13-27(2)14-19-45)42(31(6)36(48)25-38(49)53-37)54-43-41(51)39(44(8)9)40(50)32(7)52-43/h11-12,23,27-28,30-34,36-37,39-43,48,50-51H,10,13-22,24-26H2,1-9H3/b12-11+,29-23+. The Bertz CT molecular complexity index is 1230. The lowest BCUT2D eigenvalue weighted by Crippen LogP contribution is -2.63. The minimum Gasteiger partial charge on any atom is -0.462 e. The topological polar surface area (TPSA) is 132 Å². The Morgan fingerprint density at radius 1 is 0.889 bits per heavy atom. The Morgan fingerprint density at radius 2 is 1.50 bits per heavy atom. The van der Waals surface area contributed by atoms with Gasteiger partial charge in [-0.3, -0.25) is 9.59 Å². The zero-order valence-electron chi connectivity index (χ0n) is 34.9. The molecule has 0 aromatic carbocycles. The van der Waals surface area contributed by atoms with E-state index in [0.717, 1.165) is 70.5 Å². The highest BCUT2D eigenvalue weighted by Crippen LogP contribution is 2.35. The van der Waals surface area contributed by atoms with Crippen molar-refractivity contribution in [3.05, 3.63) is 23.8 Å². The summed E-state index contributed by atoms with van der Waals surface area (Å²) in [5.74, 6) is -0.221. The summed E-state index contributed by atoms with van der Waals surface area (Å²) in [5.41, 5.74) is 0.952. The fourth-order valence-corrected chi connectivity index (χ4v) is 9.03. The third-order valence-corrected chi connectivity index (χ3v) is 13.0. The number of cyclic esters (lactones) is 1. The van der Waals surface area contributed by atoms with Gasteiger partial charge in [-0.05, 0) is 129 Å². The fourth-order valence-electron chi connectivity index (χ4n) is 9.03. The molecular formula is C43H75N3O8. The fraction of sp³-hybridized carbons (Fsp3) is 0.860. The molecule has 54 heavy (non-hydrogen) atoms. The molecule has 0 radical (unpaired) electrons. The highest BCUT2D eigenvalue weighted by Gasteiger charge is 2.47. The van der Waals surface area contributed by atoms with Crippen LogP contribution < -0.4 is 0 Å². The number of likely N-dealkylation sites (tertiary alicyclic amines) is 2. The van der Waals surface area contributed by atoms with E-state index in [0.29, 0.717) is 31.1 Å². The van der Waals surface area contributed by atoms with Gasteiger partial charge in [-0.2, -0.15) is 0 Å². The number of likely N-dealkylation sites (N-methyl/N-ethyl adjacent to an activating group) is 1. The van der Waals surface area contributed by atoms with Gasteiger partial charge in [0, 0.05) is 24.3 Å². The van der Waals surface area contributed by atoms with Crippen molar-refractivity contribution in [2.45, 2.75) is 149 Å². The summed E-state index contributed by atoms with van der Waals surface area (Å²) in [7, 11) is 3.61. The number of allylic oxidation sites excluding steroid dienone is 3. The predicted molar refractivity (Wildman–Crippen MR) is 212 cm³/mol. The maximum atomic E-state index is 13.8. The highest BCUT2D eigenvalue weighted by molar-refractivity contribution is 5.91. The van der Waals surface area contributed by atoms with E-state index in [1.165, 1.54) is 0 Å². The van der Waals surface area contributed by atoms with E-state index in [2.05, 4.69) is 29.7 Å². The van der Waals surface area contributed by atoms with E-state index in [1.54, 1.807) is 32.0 Å². The van der Waals surface area contributed by atoms with Crippen LogP contribution in [0.3, 0.4) is 0 Å². The molecule has 4 heterocycles. The molecule has 4 rings (SSSR count). The molecule has 11 nitrogen and oxygen atoms in total. The minimum atomic E-state index is -1.17. The van der Waals surface area contributed by atoms with Gasteiger partial charge in [0.05, 0.1) is 36.9 Å². The first-order valence-corrected chi connectivity index (χ1v) is 21.1. The molecule has 0 aliphatic carbocycles. The quantitative estimate of drug-likeness (QED) is 0.283. The van der Waals surface area contributed by atoms with Gasteiger partial charge in [0.2, 0.25) is 0 Å².